The predicted octanol–water partition coefficient (Wildman–Crippen LogP) is 6.46. The first-order valence-corrected chi connectivity index (χ1v) is 10.7. The smallest absolute Gasteiger partial charge is 0.344 e. The molecular weight excluding hydrogens is 470 g/mol. The summed E-state index contributed by atoms with van der Waals surface area (Å²) in [5, 5.41) is 13.8. The molecular formula is C26H18BrNO4. The highest BCUT2D eigenvalue weighted by atomic mass is 79.9. The molecule has 0 atom stereocenters. The first-order valence-electron chi connectivity index (χ1n) is 9.96. The van der Waals surface area contributed by atoms with Gasteiger partial charge in [-0.3, -0.25) is 4.98 Å². The van der Waals surface area contributed by atoms with Gasteiger partial charge in [0, 0.05) is 27.2 Å². The Morgan fingerprint density at radius 2 is 1.75 bits per heavy atom. The van der Waals surface area contributed by atoms with Crippen molar-refractivity contribution < 1.29 is 14.3 Å². The number of pyridine rings is 1. The maximum atomic E-state index is 12.9. The van der Waals surface area contributed by atoms with Crippen molar-refractivity contribution in [1.29, 1.82) is 0 Å². The van der Waals surface area contributed by atoms with Gasteiger partial charge in [-0.2, -0.15) is 0 Å². The minimum absolute atomic E-state index is 0.0712. The number of nitrogens with zero attached hydrogens (tertiary/aromatic N) is 1. The topological polar surface area (TPSA) is 72.6 Å². The van der Waals surface area contributed by atoms with E-state index in [-0.39, 0.29) is 5.75 Å². The highest BCUT2D eigenvalue weighted by molar-refractivity contribution is 9.10. The molecule has 0 aliphatic rings. The van der Waals surface area contributed by atoms with Crippen molar-refractivity contribution in [3.8, 4) is 34.1 Å². The number of fused-ring (bicyclic) bond motifs is 2. The highest BCUT2D eigenvalue weighted by Crippen LogP contribution is 2.45. The summed E-state index contributed by atoms with van der Waals surface area (Å²) in [7, 11) is 1.57. The standard InChI is InChI=1S/C26H18BrNO4/c1-14-3-9-21(28-13-14)25-24(20-12-17(31-2)7-8-18(20)26(30)32-25)23-19-11-16(27)6-4-15(19)5-10-22(23)29/h3-13,29H,1-2H3. The Morgan fingerprint density at radius 3 is 2.50 bits per heavy atom. The van der Waals surface area contributed by atoms with Gasteiger partial charge in [0.2, 0.25) is 0 Å². The second kappa shape index (κ2) is 7.80. The van der Waals surface area contributed by atoms with Crippen molar-refractivity contribution in [2.75, 3.05) is 7.11 Å². The van der Waals surface area contributed by atoms with Crippen LogP contribution in [0.3, 0.4) is 0 Å². The lowest BCUT2D eigenvalue weighted by Gasteiger charge is -2.16. The van der Waals surface area contributed by atoms with Crippen molar-refractivity contribution in [1.82, 2.24) is 4.98 Å². The van der Waals surface area contributed by atoms with E-state index in [1.807, 2.05) is 37.3 Å². The second-order valence-electron chi connectivity index (χ2n) is 7.55. The SMILES string of the molecule is COc1ccc2c(=O)oc(-c3ccc(C)cn3)c(-c3c(O)ccc4ccc(Br)cc34)c2c1. The summed E-state index contributed by atoms with van der Waals surface area (Å²) in [5.41, 5.74) is 2.14. The summed E-state index contributed by atoms with van der Waals surface area (Å²) in [4.78, 5) is 17.4. The van der Waals surface area contributed by atoms with Crippen molar-refractivity contribution in [2.45, 2.75) is 6.92 Å². The van der Waals surface area contributed by atoms with E-state index in [1.54, 1.807) is 43.6 Å². The third-order valence-corrected chi connectivity index (χ3v) is 5.99. The first kappa shape index (κ1) is 20.3. The lowest BCUT2D eigenvalue weighted by molar-refractivity contribution is 0.415. The number of rotatable bonds is 3. The molecule has 0 bridgehead atoms. The van der Waals surface area contributed by atoms with Crippen molar-refractivity contribution in [3.05, 3.63) is 87.3 Å². The Hall–Kier alpha value is -3.64. The summed E-state index contributed by atoms with van der Waals surface area (Å²) < 4.78 is 12.1. The molecule has 0 saturated carbocycles. The number of aryl methyl sites for hydroxylation is 1. The summed E-state index contributed by atoms with van der Waals surface area (Å²) in [6.07, 6.45) is 1.72. The maximum Gasteiger partial charge on any atom is 0.344 e. The van der Waals surface area contributed by atoms with Crippen LogP contribution in [0.2, 0.25) is 0 Å². The van der Waals surface area contributed by atoms with Crippen LogP contribution in [0.25, 0.3) is 44.1 Å². The van der Waals surface area contributed by atoms with Crippen LogP contribution < -0.4 is 10.4 Å². The van der Waals surface area contributed by atoms with Gasteiger partial charge in [-0.05, 0) is 65.7 Å². The number of hydrogen-bond donors (Lipinski definition) is 1. The van der Waals surface area contributed by atoms with Gasteiger partial charge in [-0.15, -0.1) is 0 Å². The lowest BCUT2D eigenvalue weighted by atomic mass is 9.92. The molecule has 1 N–H and O–H groups in total. The van der Waals surface area contributed by atoms with E-state index in [2.05, 4.69) is 20.9 Å². The Labute approximate surface area is 192 Å². The molecule has 0 saturated heterocycles. The zero-order chi connectivity index (χ0) is 22.4. The molecule has 3 aromatic carbocycles. The molecule has 0 aliphatic heterocycles. The van der Waals surface area contributed by atoms with Gasteiger partial charge in [0.1, 0.15) is 17.2 Å². The number of phenolic OH excluding ortho intramolecular Hbond substituents is 1. The van der Waals surface area contributed by atoms with Gasteiger partial charge in [0.05, 0.1) is 12.5 Å². The van der Waals surface area contributed by atoms with Crippen molar-refractivity contribution in [2.24, 2.45) is 0 Å². The highest BCUT2D eigenvalue weighted by Gasteiger charge is 2.23. The van der Waals surface area contributed by atoms with E-state index in [4.69, 9.17) is 9.15 Å². The van der Waals surface area contributed by atoms with E-state index < -0.39 is 5.63 Å². The van der Waals surface area contributed by atoms with Crippen LogP contribution >= 0.6 is 15.9 Å². The molecule has 6 heteroatoms. The number of methoxy groups -OCH3 is 1. The van der Waals surface area contributed by atoms with Gasteiger partial charge in [-0.25, -0.2) is 4.79 Å². The Bertz CT molecular complexity index is 1550. The fraction of sp³-hybridized carbons (Fsp3) is 0.0769. The van der Waals surface area contributed by atoms with E-state index in [1.165, 1.54) is 0 Å². The summed E-state index contributed by atoms with van der Waals surface area (Å²) >= 11 is 3.53. The van der Waals surface area contributed by atoms with Crippen LogP contribution in [-0.4, -0.2) is 17.2 Å². The van der Waals surface area contributed by atoms with Gasteiger partial charge >= 0.3 is 5.63 Å². The average Bonchev–Trinajstić information content (AvgIpc) is 2.80. The number of halogens is 1. The second-order valence-corrected chi connectivity index (χ2v) is 8.47. The van der Waals surface area contributed by atoms with Crippen LogP contribution in [-0.2, 0) is 0 Å². The van der Waals surface area contributed by atoms with Crippen LogP contribution in [0.5, 0.6) is 11.5 Å². The molecule has 5 rings (SSSR count). The molecule has 5 aromatic rings. The number of phenols is 1. The van der Waals surface area contributed by atoms with Crippen molar-refractivity contribution in [3.63, 3.8) is 0 Å². The van der Waals surface area contributed by atoms with Gasteiger partial charge in [0.25, 0.3) is 0 Å². The largest absolute Gasteiger partial charge is 0.507 e. The Kier molecular flexibility index (Phi) is 4.94. The quantitative estimate of drug-likeness (QED) is 0.316. The Balaban J connectivity index is 2.01. The molecule has 0 spiro atoms. The van der Waals surface area contributed by atoms with E-state index in [0.717, 1.165) is 20.8 Å². The fourth-order valence-corrected chi connectivity index (χ4v) is 4.29. The minimum atomic E-state index is -0.482. The van der Waals surface area contributed by atoms with Crippen molar-refractivity contribution >= 4 is 37.5 Å². The number of ether oxygens (including phenoxy) is 1. The number of aromatic hydroxyl groups is 1. The zero-order valence-electron chi connectivity index (χ0n) is 17.3. The third-order valence-electron chi connectivity index (χ3n) is 5.49. The monoisotopic (exact) mass is 487 g/mol. The Morgan fingerprint density at radius 1 is 0.938 bits per heavy atom. The molecule has 5 nitrogen and oxygen atoms in total. The first-order chi connectivity index (χ1) is 15.5. The normalized spacial score (nSPS) is 11.2. The molecule has 0 radical (unpaired) electrons. The summed E-state index contributed by atoms with van der Waals surface area (Å²) in [6, 6.07) is 18.2. The molecule has 0 aliphatic carbocycles. The molecule has 2 heterocycles. The van der Waals surface area contributed by atoms with E-state index >= 15 is 0 Å². The molecule has 32 heavy (non-hydrogen) atoms. The summed E-state index contributed by atoms with van der Waals surface area (Å²) in [5.74, 6) is 0.952. The predicted molar refractivity (Wildman–Crippen MR) is 129 cm³/mol. The minimum Gasteiger partial charge on any atom is -0.507 e. The molecule has 2 aromatic heterocycles. The van der Waals surface area contributed by atoms with E-state index in [0.29, 0.717) is 39.1 Å². The number of benzene rings is 3. The number of hydrogen-bond acceptors (Lipinski definition) is 5. The third kappa shape index (κ3) is 3.33. The maximum absolute atomic E-state index is 12.9. The van der Waals surface area contributed by atoms with Crippen LogP contribution in [0, 0.1) is 6.92 Å². The molecule has 0 amide bonds. The van der Waals surface area contributed by atoms with Gasteiger partial charge < -0.3 is 14.3 Å². The molecule has 0 unspecified atom stereocenters. The van der Waals surface area contributed by atoms with E-state index in [9.17, 15) is 9.90 Å². The molecule has 0 fully saturated rings. The van der Waals surface area contributed by atoms with Crippen LogP contribution in [0.1, 0.15) is 5.56 Å². The van der Waals surface area contributed by atoms with Crippen LogP contribution in [0.15, 0.2) is 80.5 Å². The lowest BCUT2D eigenvalue weighted by Crippen LogP contribution is -2.04. The van der Waals surface area contributed by atoms with Crippen LogP contribution in [0.4, 0.5) is 0 Å². The number of aromatic nitrogens is 1. The summed E-state index contributed by atoms with van der Waals surface area (Å²) in [6.45, 7) is 1.94. The zero-order valence-corrected chi connectivity index (χ0v) is 18.9. The average molecular weight is 488 g/mol. The fourth-order valence-electron chi connectivity index (χ4n) is 3.93. The van der Waals surface area contributed by atoms with Gasteiger partial charge in [0.15, 0.2) is 5.76 Å². The van der Waals surface area contributed by atoms with Gasteiger partial charge in [-0.1, -0.05) is 34.1 Å². The molecule has 158 valence electrons.